The number of fused-ring (bicyclic) bond motifs is 3. The van der Waals surface area contributed by atoms with Crippen molar-refractivity contribution < 1.29 is 0 Å². The molecule has 2 aromatic carbocycles. The number of allylic oxidation sites excluding steroid dienone is 1. The molecule has 0 saturated carbocycles. The Morgan fingerprint density at radius 2 is 1.95 bits per heavy atom. The Hall–Kier alpha value is -0.860. The summed E-state index contributed by atoms with van der Waals surface area (Å²) in [6.07, 6.45) is 6.20. The zero-order valence-electron chi connectivity index (χ0n) is 10.7. The van der Waals surface area contributed by atoms with Gasteiger partial charge in [0.1, 0.15) is 0 Å². The van der Waals surface area contributed by atoms with Crippen LogP contribution in [0.25, 0.3) is 10.8 Å². The molecule has 0 radical (unpaired) electrons. The molecule has 1 fully saturated rings. The smallest absolute Gasteiger partial charge is 0.0574 e. The highest BCUT2D eigenvalue weighted by atomic mass is 32.2. The first-order valence-electron chi connectivity index (χ1n) is 6.81. The van der Waals surface area contributed by atoms with Crippen molar-refractivity contribution in [3.63, 3.8) is 0 Å². The third-order valence-electron chi connectivity index (χ3n) is 3.96. The zero-order valence-corrected chi connectivity index (χ0v) is 12.3. The van der Waals surface area contributed by atoms with Crippen molar-refractivity contribution in [2.45, 2.75) is 22.0 Å². The second kappa shape index (κ2) is 4.92. The molecule has 0 aromatic heterocycles. The first-order chi connectivity index (χ1) is 9.38. The van der Waals surface area contributed by atoms with E-state index in [0.717, 1.165) is 21.5 Å². The van der Waals surface area contributed by atoms with Gasteiger partial charge in [-0.2, -0.15) is 0 Å². The molecule has 96 valence electrons. The van der Waals surface area contributed by atoms with E-state index in [-0.39, 0.29) is 0 Å². The number of benzene rings is 2. The van der Waals surface area contributed by atoms with Crippen molar-refractivity contribution >= 4 is 34.3 Å². The fourth-order valence-corrected chi connectivity index (χ4v) is 6.13. The molecular weight excluding hydrogens is 268 g/mol. The predicted molar refractivity (Wildman–Crippen MR) is 87.7 cm³/mol. The summed E-state index contributed by atoms with van der Waals surface area (Å²) in [5.41, 5.74) is 1.45. The summed E-state index contributed by atoms with van der Waals surface area (Å²) in [4.78, 5) is 0. The Bertz CT molecular complexity index is 632. The summed E-state index contributed by atoms with van der Waals surface area (Å²) >= 11 is 4.28. The molecule has 0 spiro atoms. The van der Waals surface area contributed by atoms with Gasteiger partial charge in [0.05, 0.1) is 4.58 Å². The van der Waals surface area contributed by atoms with Crippen molar-refractivity contribution in [2.24, 2.45) is 5.92 Å². The Kier molecular flexibility index (Phi) is 3.08. The lowest BCUT2D eigenvalue weighted by molar-refractivity contribution is 0.732. The molecule has 3 atom stereocenters. The fourth-order valence-electron chi connectivity index (χ4n) is 2.94. The highest BCUT2D eigenvalue weighted by Crippen LogP contribution is 2.50. The van der Waals surface area contributed by atoms with Crippen molar-refractivity contribution in [2.75, 3.05) is 0 Å². The summed E-state index contributed by atoms with van der Waals surface area (Å²) in [7, 11) is 0. The quantitative estimate of drug-likeness (QED) is 0.720. The fraction of sp³-hybridized carbons (Fsp3) is 0.294. The summed E-state index contributed by atoms with van der Waals surface area (Å²) < 4.78 is 0.779. The molecule has 0 unspecified atom stereocenters. The number of hydrogen-bond acceptors (Lipinski definition) is 2. The molecule has 1 heterocycles. The second-order valence-electron chi connectivity index (χ2n) is 5.32. The Morgan fingerprint density at radius 1 is 1.05 bits per heavy atom. The van der Waals surface area contributed by atoms with Gasteiger partial charge in [-0.3, -0.25) is 0 Å². The van der Waals surface area contributed by atoms with E-state index >= 15 is 0 Å². The van der Waals surface area contributed by atoms with E-state index in [0.29, 0.717) is 0 Å². The number of thioether (sulfide) groups is 2. The van der Waals surface area contributed by atoms with Gasteiger partial charge < -0.3 is 0 Å². The predicted octanol–water partition coefficient (Wildman–Crippen LogP) is 5.09. The topological polar surface area (TPSA) is 0 Å². The Morgan fingerprint density at radius 3 is 2.74 bits per heavy atom. The van der Waals surface area contributed by atoms with Crippen LogP contribution >= 0.6 is 23.5 Å². The molecule has 2 aromatic rings. The minimum atomic E-state index is 0.779. The van der Waals surface area contributed by atoms with E-state index in [2.05, 4.69) is 78.1 Å². The van der Waals surface area contributed by atoms with Gasteiger partial charge in [0, 0.05) is 11.0 Å². The van der Waals surface area contributed by atoms with Crippen molar-refractivity contribution in [1.29, 1.82) is 0 Å². The molecule has 1 aliphatic carbocycles. The number of hydrogen-bond donors (Lipinski definition) is 0. The normalized spacial score (nSPS) is 28.3. The Balaban J connectivity index is 1.48. The molecule has 2 bridgehead atoms. The summed E-state index contributed by atoms with van der Waals surface area (Å²) in [5, 5.41) is 3.51. The van der Waals surface area contributed by atoms with Gasteiger partial charge in [-0.25, -0.2) is 0 Å². The van der Waals surface area contributed by atoms with Crippen molar-refractivity contribution in [3.05, 3.63) is 60.2 Å². The molecule has 2 aliphatic rings. The minimum absolute atomic E-state index is 0.779. The zero-order chi connectivity index (χ0) is 12.7. The van der Waals surface area contributed by atoms with E-state index in [1.807, 2.05) is 0 Å². The highest BCUT2D eigenvalue weighted by molar-refractivity contribution is 8.17. The van der Waals surface area contributed by atoms with E-state index in [1.54, 1.807) is 0 Å². The SMILES string of the molecule is C1=C[C@H]2C[C@@H]1[C@H](SCc1ccc3ccccc3c1)S2. The van der Waals surface area contributed by atoms with Crippen molar-refractivity contribution in [1.82, 2.24) is 0 Å². The number of rotatable bonds is 3. The average Bonchev–Trinajstić information content (AvgIpc) is 3.07. The lowest BCUT2D eigenvalue weighted by Gasteiger charge is -2.17. The summed E-state index contributed by atoms with van der Waals surface area (Å²) in [6, 6.07) is 15.5. The van der Waals surface area contributed by atoms with Crippen LogP contribution in [0.1, 0.15) is 12.0 Å². The first-order valence-corrected chi connectivity index (χ1v) is 8.81. The van der Waals surface area contributed by atoms with Crippen LogP contribution in [0.5, 0.6) is 0 Å². The first kappa shape index (κ1) is 11.9. The summed E-state index contributed by atoms with van der Waals surface area (Å²) in [5.74, 6) is 1.96. The van der Waals surface area contributed by atoms with Gasteiger partial charge in [-0.15, -0.1) is 23.5 Å². The maximum atomic E-state index is 2.43. The van der Waals surface area contributed by atoms with Gasteiger partial charge in [0.15, 0.2) is 0 Å². The molecule has 19 heavy (non-hydrogen) atoms. The van der Waals surface area contributed by atoms with Crippen LogP contribution in [0.4, 0.5) is 0 Å². The average molecular weight is 284 g/mol. The van der Waals surface area contributed by atoms with E-state index in [1.165, 1.54) is 22.8 Å². The van der Waals surface area contributed by atoms with Crippen LogP contribution < -0.4 is 0 Å². The minimum Gasteiger partial charge on any atom is -0.142 e. The third-order valence-corrected chi connectivity index (χ3v) is 7.20. The molecule has 0 N–H and O–H groups in total. The monoisotopic (exact) mass is 284 g/mol. The van der Waals surface area contributed by atoms with Gasteiger partial charge in [-0.1, -0.05) is 54.6 Å². The van der Waals surface area contributed by atoms with Gasteiger partial charge >= 0.3 is 0 Å². The van der Waals surface area contributed by atoms with Crippen LogP contribution in [0, 0.1) is 5.92 Å². The molecule has 1 aliphatic heterocycles. The summed E-state index contributed by atoms with van der Waals surface area (Å²) in [6.45, 7) is 0. The van der Waals surface area contributed by atoms with E-state index < -0.39 is 0 Å². The van der Waals surface area contributed by atoms with Crippen LogP contribution in [0.3, 0.4) is 0 Å². The third kappa shape index (κ3) is 2.32. The van der Waals surface area contributed by atoms with Crippen LogP contribution in [-0.4, -0.2) is 9.83 Å². The maximum Gasteiger partial charge on any atom is 0.0574 e. The molecule has 4 rings (SSSR count). The standard InChI is InChI=1S/C17H16S2/c1-2-4-14-9-12(5-6-13(14)3-1)11-18-17-15-7-8-16(10-15)19-17/h1-9,15-17H,10-11H2/t15-,16+,17-/m1/s1. The van der Waals surface area contributed by atoms with Crippen LogP contribution in [0.2, 0.25) is 0 Å². The van der Waals surface area contributed by atoms with Crippen molar-refractivity contribution in [3.8, 4) is 0 Å². The van der Waals surface area contributed by atoms with Gasteiger partial charge in [0.25, 0.3) is 0 Å². The Labute approximate surface area is 122 Å². The molecule has 2 heteroatoms. The molecular formula is C17H16S2. The maximum absolute atomic E-state index is 2.43. The highest BCUT2D eigenvalue weighted by Gasteiger charge is 2.36. The largest absolute Gasteiger partial charge is 0.142 e. The molecule has 1 saturated heterocycles. The second-order valence-corrected chi connectivity index (χ2v) is 8.13. The molecule has 0 nitrogen and oxygen atoms in total. The van der Waals surface area contributed by atoms with Crippen LogP contribution in [-0.2, 0) is 5.75 Å². The molecule has 0 amide bonds. The lowest BCUT2D eigenvalue weighted by Crippen LogP contribution is -2.04. The van der Waals surface area contributed by atoms with Gasteiger partial charge in [0.2, 0.25) is 0 Å². The van der Waals surface area contributed by atoms with E-state index in [4.69, 9.17) is 0 Å². The lowest BCUT2D eigenvalue weighted by atomic mass is 10.1. The van der Waals surface area contributed by atoms with Crippen LogP contribution in [0.15, 0.2) is 54.6 Å². The van der Waals surface area contributed by atoms with E-state index in [9.17, 15) is 0 Å². The van der Waals surface area contributed by atoms with Gasteiger partial charge in [-0.05, 0) is 28.7 Å².